The van der Waals surface area contributed by atoms with Crippen molar-refractivity contribution in [1.29, 1.82) is 0 Å². The zero-order valence-corrected chi connectivity index (χ0v) is 12.7. The first kappa shape index (κ1) is 14.9. The minimum Gasteiger partial charge on any atom is -0.485 e. The summed E-state index contributed by atoms with van der Waals surface area (Å²) in [5.74, 6) is 0.853. The predicted molar refractivity (Wildman–Crippen MR) is 86.8 cm³/mol. The number of benzene rings is 2. The lowest BCUT2D eigenvalue weighted by Crippen LogP contribution is -2.16. The third-order valence-electron chi connectivity index (χ3n) is 3.12. The van der Waals surface area contributed by atoms with Gasteiger partial charge in [0, 0.05) is 6.42 Å². The van der Waals surface area contributed by atoms with Gasteiger partial charge >= 0.3 is 0 Å². The molecule has 0 aromatic heterocycles. The van der Waals surface area contributed by atoms with E-state index in [0.29, 0.717) is 6.04 Å². The smallest absolute Gasteiger partial charge is 0.125 e. The second-order valence-corrected chi connectivity index (χ2v) is 4.60. The Morgan fingerprint density at radius 3 is 2.55 bits per heavy atom. The lowest BCUT2D eigenvalue weighted by Gasteiger charge is -2.20. The Balaban J connectivity index is 0.00000220. The van der Waals surface area contributed by atoms with Crippen molar-refractivity contribution in [3.63, 3.8) is 0 Å². The van der Waals surface area contributed by atoms with E-state index in [1.165, 1.54) is 5.56 Å². The number of aryl methyl sites for hydroxylation is 1. The molecule has 0 spiro atoms. The van der Waals surface area contributed by atoms with Gasteiger partial charge in [0.15, 0.2) is 0 Å². The highest BCUT2D eigenvalue weighted by molar-refractivity contribution is 5.85. The molecule has 0 fully saturated rings. The predicted octanol–water partition coefficient (Wildman–Crippen LogP) is 4.15. The molecule has 0 saturated carbocycles. The summed E-state index contributed by atoms with van der Waals surface area (Å²) >= 11 is 0. The van der Waals surface area contributed by atoms with Crippen LogP contribution in [0.2, 0.25) is 0 Å². The summed E-state index contributed by atoms with van der Waals surface area (Å²) in [6.07, 6.45) is 0.932. The largest absolute Gasteiger partial charge is 0.485 e. The highest BCUT2D eigenvalue weighted by Crippen LogP contribution is 2.26. The summed E-state index contributed by atoms with van der Waals surface area (Å²) in [6, 6.07) is 16.3. The average Bonchev–Trinajstić information content (AvgIpc) is 2.46. The zero-order valence-electron chi connectivity index (χ0n) is 12.9. The van der Waals surface area contributed by atoms with E-state index in [4.69, 9.17) is 6.11 Å². The summed E-state index contributed by atoms with van der Waals surface area (Å²) in [5.41, 5.74) is 2.18. The van der Waals surface area contributed by atoms with E-state index in [0.717, 1.165) is 24.3 Å². The van der Waals surface area contributed by atoms with Crippen molar-refractivity contribution in [2.75, 3.05) is 13.6 Å². The fourth-order valence-corrected chi connectivity index (χ4v) is 2.02. The van der Waals surface area contributed by atoms with E-state index >= 15 is 0 Å². The number of hydrogen-bond donors (Lipinski definition) is 1. The molecule has 0 bridgehead atoms. The van der Waals surface area contributed by atoms with Gasteiger partial charge in [-0.3, -0.25) is 0 Å². The van der Waals surface area contributed by atoms with E-state index < -0.39 is 0 Å². The van der Waals surface area contributed by atoms with Crippen molar-refractivity contribution in [2.24, 2.45) is 0 Å². The van der Waals surface area contributed by atoms with Gasteiger partial charge in [0.2, 0.25) is 0 Å². The third kappa shape index (κ3) is 4.55. The maximum Gasteiger partial charge on any atom is 0.125 e. The molecule has 0 radical (unpaired) electrons. The number of rotatable bonds is 6. The normalized spacial score (nSPS) is 12.2. The van der Waals surface area contributed by atoms with E-state index in [-0.39, 0.29) is 18.5 Å². The van der Waals surface area contributed by atoms with Crippen LogP contribution in [0.1, 0.15) is 25.0 Å². The molecule has 0 aliphatic carbocycles. The Hall–Kier alpha value is -1.51. The first-order valence-corrected chi connectivity index (χ1v) is 6.64. The molecule has 0 aliphatic rings. The highest BCUT2D eigenvalue weighted by Gasteiger charge is 2.13. The van der Waals surface area contributed by atoms with Crippen molar-refractivity contribution in [3.8, 4) is 5.75 Å². The van der Waals surface area contributed by atoms with Crippen LogP contribution in [0, 0.1) is 6.92 Å². The third-order valence-corrected chi connectivity index (χ3v) is 3.12. The number of nitrogens with one attached hydrogen (secondary N) is 1. The van der Waals surface area contributed by atoms with Crippen LogP contribution in [0.4, 0.5) is 0 Å². The van der Waals surface area contributed by atoms with Crippen molar-refractivity contribution >= 4 is 12.4 Å². The van der Waals surface area contributed by atoms with Crippen LogP contribution >= 0.6 is 12.4 Å². The summed E-state index contributed by atoms with van der Waals surface area (Å²) < 4.78 is 13.8. The molecule has 0 heterocycles. The van der Waals surface area contributed by atoms with Crippen LogP contribution in [-0.2, 0) is 0 Å². The Labute approximate surface area is 129 Å². The van der Waals surface area contributed by atoms with E-state index in [2.05, 4.69) is 17.4 Å². The van der Waals surface area contributed by atoms with Crippen molar-refractivity contribution < 1.29 is 6.11 Å². The maximum atomic E-state index is 7.62. The molecule has 20 heavy (non-hydrogen) atoms. The molecule has 0 unspecified atom stereocenters. The van der Waals surface area contributed by atoms with Crippen molar-refractivity contribution in [2.45, 2.75) is 19.4 Å². The second kappa shape index (κ2) is 8.62. The Bertz CT molecular complexity index is 548. The Morgan fingerprint density at radius 1 is 1.15 bits per heavy atom. The van der Waals surface area contributed by atoms with E-state index in [1.807, 2.05) is 44.3 Å². The first-order chi connectivity index (χ1) is 9.70. The van der Waals surface area contributed by atoms with Gasteiger partial charge in [-0.1, -0.05) is 48.5 Å². The standard InChI is InChI=1S/C17H21NO.ClH/c1-14-8-6-7-11-16(14)19-17(12-13-18-2)15-9-4-3-5-10-15;/h3-11,17-18H,12-13H2,1-2H3;1H/t17-;/m1./s1/i6D;. The molecule has 1 atom stereocenters. The van der Waals surface area contributed by atoms with Crippen molar-refractivity contribution in [1.82, 2.24) is 5.32 Å². The fourth-order valence-electron chi connectivity index (χ4n) is 2.02. The Kier molecular flexibility index (Phi) is 6.42. The first-order valence-electron chi connectivity index (χ1n) is 7.14. The molecule has 0 aliphatic heterocycles. The molecule has 2 nitrogen and oxygen atoms in total. The maximum absolute atomic E-state index is 7.62. The molecule has 0 amide bonds. The average molecular weight is 293 g/mol. The number of ether oxygens (including phenoxy) is 1. The van der Waals surface area contributed by atoms with E-state index in [1.54, 1.807) is 6.07 Å². The molecule has 108 valence electrons. The topological polar surface area (TPSA) is 21.3 Å². The lowest BCUT2D eigenvalue weighted by molar-refractivity contribution is 0.193. The van der Waals surface area contributed by atoms with Crippen LogP contribution < -0.4 is 10.1 Å². The van der Waals surface area contributed by atoms with Gasteiger partial charge in [-0.2, -0.15) is 0 Å². The summed E-state index contributed by atoms with van der Waals surface area (Å²) in [5, 5.41) is 3.17. The number of para-hydroxylation sites is 1. The fraction of sp³-hybridized carbons (Fsp3) is 0.294. The minimum atomic E-state index is 0. The SMILES string of the molecule is Cl.[2H]c1ccc(O[C@H](CCNC)c2ccccc2)c(C)c1. The molecular formula is C17H22ClNO. The van der Waals surface area contributed by atoms with Gasteiger partial charge < -0.3 is 10.1 Å². The van der Waals surface area contributed by atoms with Gasteiger partial charge in [-0.25, -0.2) is 0 Å². The molecular weight excluding hydrogens is 270 g/mol. The highest BCUT2D eigenvalue weighted by atomic mass is 35.5. The van der Waals surface area contributed by atoms with Gasteiger partial charge in [0.1, 0.15) is 11.9 Å². The summed E-state index contributed by atoms with van der Waals surface area (Å²) in [4.78, 5) is 0. The minimum absolute atomic E-state index is 0. The van der Waals surface area contributed by atoms with Crippen molar-refractivity contribution in [3.05, 3.63) is 65.7 Å². The van der Waals surface area contributed by atoms with Crippen LogP contribution in [0.15, 0.2) is 54.6 Å². The second-order valence-electron chi connectivity index (χ2n) is 4.60. The molecule has 1 N–H and O–H groups in total. The molecule has 3 heteroatoms. The van der Waals surface area contributed by atoms with Crippen LogP contribution in [0.25, 0.3) is 0 Å². The van der Waals surface area contributed by atoms with Crippen LogP contribution in [-0.4, -0.2) is 13.6 Å². The number of halogens is 1. The number of hydrogen-bond acceptors (Lipinski definition) is 2. The monoisotopic (exact) mass is 292 g/mol. The quantitative estimate of drug-likeness (QED) is 0.864. The summed E-state index contributed by atoms with van der Waals surface area (Å²) in [7, 11) is 1.95. The molecule has 2 aromatic carbocycles. The summed E-state index contributed by atoms with van der Waals surface area (Å²) in [6.45, 7) is 2.88. The van der Waals surface area contributed by atoms with Gasteiger partial charge in [-0.05, 0) is 37.7 Å². The van der Waals surface area contributed by atoms with E-state index in [9.17, 15) is 0 Å². The molecule has 2 aromatic rings. The van der Waals surface area contributed by atoms with Gasteiger partial charge in [0.25, 0.3) is 0 Å². The lowest BCUT2D eigenvalue weighted by atomic mass is 10.1. The van der Waals surface area contributed by atoms with Crippen LogP contribution in [0.5, 0.6) is 5.75 Å². The molecule has 0 saturated heterocycles. The Morgan fingerprint density at radius 2 is 1.90 bits per heavy atom. The zero-order chi connectivity index (χ0) is 14.4. The molecule has 2 rings (SSSR count). The van der Waals surface area contributed by atoms with Crippen LogP contribution in [0.3, 0.4) is 0 Å². The van der Waals surface area contributed by atoms with Gasteiger partial charge in [-0.15, -0.1) is 12.4 Å². The van der Waals surface area contributed by atoms with Gasteiger partial charge in [0.05, 0.1) is 1.37 Å².